The number of hydrogen-bond donors (Lipinski definition) is 0. The average molecular weight is 956 g/mol. The van der Waals surface area contributed by atoms with E-state index in [1.54, 1.807) is 0 Å². The van der Waals surface area contributed by atoms with Gasteiger partial charge in [0.1, 0.15) is 23.0 Å². The first-order valence-corrected chi connectivity index (χ1v) is 25.9. The highest BCUT2D eigenvalue weighted by Crippen LogP contribution is 2.65. The van der Waals surface area contributed by atoms with Gasteiger partial charge in [0.2, 0.25) is 0 Å². The van der Waals surface area contributed by atoms with Gasteiger partial charge in [-0.25, -0.2) is 0 Å². The van der Waals surface area contributed by atoms with Crippen molar-refractivity contribution < 1.29 is 9.47 Å². The summed E-state index contributed by atoms with van der Waals surface area (Å²) in [6.45, 7) is 0. The Morgan fingerprint density at radius 2 is 0.640 bits per heavy atom. The molecule has 16 rings (SSSR count). The first-order valence-electron chi connectivity index (χ1n) is 25.9. The SMILES string of the molecule is c1ccc(-c2ccc(-c3ccc(N(c4ccc5c(c4)C4(c6ccccc6Oc6ccccc64)c4ccccc4-5)c4ccc5c(c4)C4(c6ccccc6Oc6ccccc64)c4c-5ccc5ccccc45)cc3)cc2)cc1. The van der Waals surface area contributed by atoms with Crippen LogP contribution < -0.4 is 14.4 Å². The number of nitrogens with zero attached hydrogens (tertiary/aromatic N) is 1. The minimum atomic E-state index is -0.687. The van der Waals surface area contributed by atoms with Crippen molar-refractivity contribution in [1.29, 1.82) is 0 Å². The molecule has 0 aromatic heterocycles. The van der Waals surface area contributed by atoms with E-state index in [9.17, 15) is 0 Å². The molecule has 0 bridgehead atoms. The van der Waals surface area contributed by atoms with E-state index >= 15 is 0 Å². The van der Waals surface area contributed by atoms with E-state index < -0.39 is 10.8 Å². The summed E-state index contributed by atoms with van der Waals surface area (Å²) in [7, 11) is 0. The molecule has 0 unspecified atom stereocenters. The first-order chi connectivity index (χ1) is 37.2. The van der Waals surface area contributed by atoms with Crippen molar-refractivity contribution in [3.63, 3.8) is 0 Å². The molecule has 0 radical (unpaired) electrons. The van der Waals surface area contributed by atoms with E-state index in [0.717, 1.165) is 67.9 Å². The summed E-state index contributed by atoms with van der Waals surface area (Å²) in [4.78, 5) is 2.47. The number of ether oxygens (including phenoxy) is 2. The van der Waals surface area contributed by atoms with Gasteiger partial charge in [-0.1, -0.05) is 212 Å². The van der Waals surface area contributed by atoms with Crippen LogP contribution in [0.25, 0.3) is 55.3 Å². The highest BCUT2D eigenvalue weighted by molar-refractivity contribution is 6.02. The van der Waals surface area contributed by atoms with Gasteiger partial charge >= 0.3 is 0 Å². The fourth-order valence-electron chi connectivity index (χ4n) is 13.5. The predicted molar refractivity (Wildman–Crippen MR) is 304 cm³/mol. The molecule has 2 spiro atoms. The van der Waals surface area contributed by atoms with Crippen LogP contribution in [0.2, 0.25) is 0 Å². The Morgan fingerprint density at radius 3 is 1.21 bits per heavy atom. The molecule has 3 nitrogen and oxygen atoms in total. The molecule has 0 saturated carbocycles. The Balaban J connectivity index is 0.946. The van der Waals surface area contributed by atoms with Gasteiger partial charge in [0.25, 0.3) is 0 Å². The monoisotopic (exact) mass is 955 g/mol. The number of hydrogen-bond acceptors (Lipinski definition) is 3. The largest absolute Gasteiger partial charge is 0.457 e. The number of benzene rings is 12. The maximum absolute atomic E-state index is 6.85. The second-order valence-electron chi connectivity index (χ2n) is 20.2. The maximum atomic E-state index is 6.85. The van der Waals surface area contributed by atoms with Crippen LogP contribution in [-0.4, -0.2) is 0 Å². The molecule has 75 heavy (non-hydrogen) atoms. The topological polar surface area (TPSA) is 21.7 Å². The zero-order chi connectivity index (χ0) is 49.2. The normalized spacial score (nSPS) is 14.0. The quantitative estimate of drug-likeness (QED) is 0.172. The van der Waals surface area contributed by atoms with E-state index in [0.29, 0.717) is 0 Å². The number of fused-ring (bicyclic) bond motifs is 20. The van der Waals surface area contributed by atoms with Crippen LogP contribution in [0.1, 0.15) is 44.5 Å². The summed E-state index contributed by atoms with van der Waals surface area (Å²) in [5, 5.41) is 2.45. The molecule has 2 aliphatic carbocycles. The number of rotatable bonds is 5. The molecule has 3 heteroatoms. The lowest BCUT2D eigenvalue weighted by Gasteiger charge is -2.40. The van der Waals surface area contributed by atoms with Crippen molar-refractivity contribution >= 4 is 27.8 Å². The molecule has 0 N–H and O–H groups in total. The van der Waals surface area contributed by atoms with E-state index in [-0.39, 0.29) is 0 Å². The first kappa shape index (κ1) is 41.9. The summed E-state index contributed by atoms with van der Waals surface area (Å²) in [5.74, 6) is 3.50. The van der Waals surface area contributed by atoms with E-state index in [4.69, 9.17) is 9.47 Å². The van der Waals surface area contributed by atoms with Crippen LogP contribution in [0.4, 0.5) is 17.1 Å². The third kappa shape index (κ3) is 5.81. The highest BCUT2D eigenvalue weighted by Gasteiger charge is 2.53. The van der Waals surface area contributed by atoms with E-state index in [1.165, 1.54) is 72.0 Å². The van der Waals surface area contributed by atoms with Gasteiger partial charge in [-0.3, -0.25) is 0 Å². The molecule has 12 aromatic carbocycles. The second kappa shape index (κ2) is 15.9. The third-order valence-electron chi connectivity index (χ3n) is 16.6. The highest BCUT2D eigenvalue weighted by atomic mass is 16.5. The lowest BCUT2D eigenvalue weighted by atomic mass is 9.65. The van der Waals surface area contributed by atoms with Crippen LogP contribution >= 0.6 is 0 Å². The molecule has 0 saturated heterocycles. The molecule has 0 fully saturated rings. The minimum absolute atomic E-state index is 0.630. The summed E-state index contributed by atoms with van der Waals surface area (Å²) in [6, 6.07) is 100. The van der Waals surface area contributed by atoms with E-state index in [1.807, 2.05) is 0 Å². The van der Waals surface area contributed by atoms with Gasteiger partial charge in [0.15, 0.2) is 0 Å². The lowest BCUT2D eigenvalue weighted by molar-refractivity contribution is 0.436. The predicted octanol–water partition coefficient (Wildman–Crippen LogP) is 18.6. The van der Waals surface area contributed by atoms with Crippen molar-refractivity contribution in [1.82, 2.24) is 0 Å². The molecule has 2 aliphatic heterocycles. The zero-order valence-corrected chi connectivity index (χ0v) is 40.7. The van der Waals surface area contributed by atoms with Crippen molar-refractivity contribution in [2.24, 2.45) is 0 Å². The Labute approximate surface area is 435 Å². The molecule has 2 heterocycles. The summed E-state index contributed by atoms with van der Waals surface area (Å²) >= 11 is 0. The smallest absolute Gasteiger partial charge is 0.132 e. The Kier molecular flexibility index (Phi) is 8.88. The van der Waals surface area contributed by atoms with Crippen molar-refractivity contribution in [2.45, 2.75) is 10.8 Å². The molecule has 4 aliphatic rings. The van der Waals surface area contributed by atoms with Gasteiger partial charge in [-0.2, -0.15) is 0 Å². The minimum Gasteiger partial charge on any atom is -0.457 e. The number of anilines is 3. The lowest BCUT2D eigenvalue weighted by Crippen LogP contribution is -2.32. The second-order valence-corrected chi connectivity index (χ2v) is 20.2. The van der Waals surface area contributed by atoms with Gasteiger partial charge < -0.3 is 14.4 Å². The van der Waals surface area contributed by atoms with Gasteiger partial charge in [-0.05, 0) is 138 Å². The van der Waals surface area contributed by atoms with Gasteiger partial charge in [-0.15, -0.1) is 0 Å². The summed E-state index contributed by atoms with van der Waals surface area (Å²) < 4.78 is 13.6. The Morgan fingerprint density at radius 1 is 0.253 bits per heavy atom. The molecule has 12 aromatic rings. The van der Waals surface area contributed by atoms with Gasteiger partial charge in [0, 0.05) is 39.3 Å². The Bertz CT molecular complexity index is 4220. The van der Waals surface area contributed by atoms with Crippen LogP contribution in [-0.2, 0) is 10.8 Å². The molecular formula is C72H45NO2. The van der Waals surface area contributed by atoms with Crippen LogP contribution in [0.5, 0.6) is 23.0 Å². The number of para-hydroxylation sites is 4. The van der Waals surface area contributed by atoms with E-state index in [2.05, 4.69) is 278 Å². The summed E-state index contributed by atoms with van der Waals surface area (Å²) in [5.41, 5.74) is 21.1. The molecule has 0 atom stereocenters. The summed E-state index contributed by atoms with van der Waals surface area (Å²) in [6.07, 6.45) is 0. The molecule has 350 valence electrons. The third-order valence-corrected chi connectivity index (χ3v) is 16.6. The Hall–Kier alpha value is -9.70. The molecular weight excluding hydrogens is 911 g/mol. The van der Waals surface area contributed by atoms with Crippen LogP contribution in [0.3, 0.4) is 0 Å². The van der Waals surface area contributed by atoms with Gasteiger partial charge in [0.05, 0.1) is 10.8 Å². The van der Waals surface area contributed by atoms with Crippen molar-refractivity contribution in [2.75, 3.05) is 4.90 Å². The van der Waals surface area contributed by atoms with Crippen LogP contribution in [0, 0.1) is 0 Å². The maximum Gasteiger partial charge on any atom is 0.132 e. The van der Waals surface area contributed by atoms with Crippen molar-refractivity contribution in [3.05, 3.63) is 317 Å². The van der Waals surface area contributed by atoms with Crippen molar-refractivity contribution in [3.8, 4) is 67.5 Å². The fourth-order valence-corrected chi connectivity index (χ4v) is 13.5. The van der Waals surface area contributed by atoms with Crippen LogP contribution in [0.15, 0.2) is 273 Å². The molecule has 0 amide bonds. The standard InChI is InChI=1S/C72H45NO2/c1-2-16-46(17-3-1)47-30-32-48(33-31-47)49-34-37-51(38-35-49)73(52-39-42-56-55-20-6-7-21-59(55)71(64(56)44-52)60-22-8-12-26-66(60)74-67-27-13-9-23-61(67)71)53-40-43-57-58-41-36-50-18-4-5-19-54(50)70(58)72(65(57)45-53)62-24-10-14-28-68(62)75-69-29-15-11-25-63(69)72/h1-45H. The zero-order valence-electron chi connectivity index (χ0n) is 40.7. The average Bonchev–Trinajstić information content (AvgIpc) is 4.18. The fraction of sp³-hybridized carbons (Fsp3) is 0.0278.